The standard InChI is InChI=1S/C11H15NOS/c13-10(11-6-7-12-14-11)8-9-4-2-1-3-5-9/h6-7,9H,1-5,8H2. The van der Waals surface area contributed by atoms with Crippen LogP contribution >= 0.6 is 11.5 Å². The zero-order chi connectivity index (χ0) is 9.80. The fourth-order valence-corrected chi connectivity index (χ4v) is 2.66. The lowest BCUT2D eigenvalue weighted by molar-refractivity contribution is 0.0954. The molecule has 2 nitrogen and oxygen atoms in total. The highest BCUT2D eigenvalue weighted by Gasteiger charge is 2.18. The van der Waals surface area contributed by atoms with Crippen molar-refractivity contribution >= 4 is 17.3 Å². The van der Waals surface area contributed by atoms with E-state index >= 15 is 0 Å². The van der Waals surface area contributed by atoms with Gasteiger partial charge in [-0.25, -0.2) is 4.37 Å². The van der Waals surface area contributed by atoms with Crippen LogP contribution < -0.4 is 0 Å². The highest BCUT2D eigenvalue weighted by molar-refractivity contribution is 7.08. The van der Waals surface area contributed by atoms with E-state index in [1.165, 1.54) is 43.6 Å². The number of Topliss-reactive ketones (excluding diaryl/α,β-unsaturated/α-hetero) is 1. The van der Waals surface area contributed by atoms with Crippen LogP contribution in [0.4, 0.5) is 0 Å². The minimum absolute atomic E-state index is 0.291. The zero-order valence-corrected chi connectivity index (χ0v) is 9.05. The maximum atomic E-state index is 11.7. The number of hydrogen-bond donors (Lipinski definition) is 0. The van der Waals surface area contributed by atoms with Crippen LogP contribution in [0.2, 0.25) is 0 Å². The van der Waals surface area contributed by atoms with Crippen LogP contribution in [-0.4, -0.2) is 10.2 Å². The molecular weight excluding hydrogens is 194 g/mol. The van der Waals surface area contributed by atoms with Gasteiger partial charge in [-0.15, -0.1) is 0 Å². The van der Waals surface area contributed by atoms with Crippen molar-refractivity contribution < 1.29 is 4.79 Å². The van der Waals surface area contributed by atoms with Crippen LogP contribution in [0.5, 0.6) is 0 Å². The molecule has 0 aromatic carbocycles. The molecule has 0 unspecified atom stereocenters. The smallest absolute Gasteiger partial charge is 0.174 e. The molecule has 14 heavy (non-hydrogen) atoms. The van der Waals surface area contributed by atoms with Gasteiger partial charge in [0, 0.05) is 12.6 Å². The number of ketones is 1. The highest BCUT2D eigenvalue weighted by atomic mass is 32.1. The van der Waals surface area contributed by atoms with Gasteiger partial charge >= 0.3 is 0 Å². The van der Waals surface area contributed by atoms with Gasteiger partial charge in [0.1, 0.15) is 0 Å². The number of nitrogens with zero attached hydrogens (tertiary/aromatic N) is 1. The zero-order valence-electron chi connectivity index (χ0n) is 8.24. The van der Waals surface area contributed by atoms with Gasteiger partial charge in [0.15, 0.2) is 5.78 Å². The molecule has 2 rings (SSSR count). The summed E-state index contributed by atoms with van der Waals surface area (Å²) in [6.07, 6.45) is 8.89. The Morgan fingerprint density at radius 3 is 2.86 bits per heavy atom. The van der Waals surface area contributed by atoms with Crippen molar-refractivity contribution in [2.24, 2.45) is 5.92 Å². The first-order valence-electron chi connectivity index (χ1n) is 5.30. The molecule has 1 saturated carbocycles. The highest BCUT2D eigenvalue weighted by Crippen LogP contribution is 2.27. The summed E-state index contributed by atoms with van der Waals surface area (Å²) in [6.45, 7) is 0. The predicted octanol–water partition coefficient (Wildman–Crippen LogP) is 3.30. The largest absolute Gasteiger partial charge is 0.293 e. The maximum Gasteiger partial charge on any atom is 0.174 e. The first-order chi connectivity index (χ1) is 6.86. The molecule has 0 bridgehead atoms. The number of carbonyl (C=O) groups is 1. The van der Waals surface area contributed by atoms with Crippen LogP contribution in [0.25, 0.3) is 0 Å². The molecule has 0 aliphatic heterocycles. The Morgan fingerprint density at radius 1 is 1.43 bits per heavy atom. The topological polar surface area (TPSA) is 30.0 Å². The Balaban J connectivity index is 1.87. The molecule has 0 amide bonds. The van der Waals surface area contributed by atoms with Crippen molar-refractivity contribution in [3.05, 3.63) is 17.1 Å². The van der Waals surface area contributed by atoms with Gasteiger partial charge < -0.3 is 0 Å². The van der Waals surface area contributed by atoms with Crippen molar-refractivity contribution in [3.8, 4) is 0 Å². The van der Waals surface area contributed by atoms with E-state index in [1.54, 1.807) is 6.20 Å². The molecule has 0 spiro atoms. The second-order valence-electron chi connectivity index (χ2n) is 4.01. The molecule has 1 heterocycles. The maximum absolute atomic E-state index is 11.7. The van der Waals surface area contributed by atoms with Crippen LogP contribution in [0.3, 0.4) is 0 Å². The number of rotatable bonds is 3. The number of aromatic nitrogens is 1. The van der Waals surface area contributed by atoms with Crippen LogP contribution in [0, 0.1) is 5.92 Å². The van der Waals surface area contributed by atoms with E-state index in [-0.39, 0.29) is 0 Å². The third-order valence-corrected chi connectivity index (χ3v) is 3.70. The fraction of sp³-hybridized carbons (Fsp3) is 0.636. The summed E-state index contributed by atoms with van der Waals surface area (Å²) in [5, 5.41) is 0. The van der Waals surface area contributed by atoms with E-state index in [0.29, 0.717) is 11.7 Å². The van der Waals surface area contributed by atoms with E-state index < -0.39 is 0 Å². The second-order valence-corrected chi connectivity index (χ2v) is 4.84. The first-order valence-corrected chi connectivity index (χ1v) is 6.07. The minimum Gasteiger partial charge on any atom is -0.293 e. The molecular formula is C11H15NOS. The normalized spacial score (nSPS) is 18.3. The van der Waals surface area contributed by atoms with E-state index in [2.05, 4.69) is 4.37 Å². The Bertz CT molecular complexity index is 288. The number of hydrogen-bond acceptors (Lipinski definition) is 3. The number of carbonyl (C=O) groups excluding carboxylic acids is 1. The Kier molecular flexibility index (Phi) is 3.30. The van der Waals surface area contributed by atoms with E-state index in [9.17, 15) is 4.79 Å². The summed E-state index contributed by atoms with van der Waals surface area (Å²) >= 11 is 1.32. The summed E-state index contributed by atoms with van der Waals surface area (Å²) in [6, 6.07) is 1.83. The monoisotopic (exact) mass is 209 g/mol. The van der Waals surface area contributed by atoms with Crippen molar-refractivity contribution in [1.29, 1.82) is 0 Å². The summed E-state index contributed by atoms with van der Waals surface area (Å²) in [7, 11) is 0. The van der Waals surface area contributed by atoms with Crippen LogP contribution in [0.1, 0.15) is 48.2 Å². The van der Waals surface area contributed by atoms with Gasteiger partial charge in [-0.1, -0.05) is 32.1 Å². The van der Waals surface area contributed by atoms with Gasteiger partial charge in [-0.05, 0) is 23.5 Å². The lowest BCUT2D eigenvalue weighted by Gasteiger charge is -2.20. The van der Waals surface area contributed by atoms with Crippen LogP contribution in [-0.2, 0) is 0 Å². The molecule has 76 valence electrons. The molecule has 3 heteroatoms. The fourth-order valence-electron chi connectivity index (χ4n) is 2.11. The molecule has 1 aromatic rings. The molecule has 0 atom stereocenters. The summed E-state index contributed by atoms with van der Waals surface area (Å²) < 4.78 is 3.96. The molecule has 1 fully saturated rings. The van der Waals surface area contributed by atoms with Crippen molar-refractivity contribution in [2.45, 2.75) is 38.5 Å². The average molecular weight is 209 g/mol. The van der Waals surface area contributed by atoms with Gasteiger partial charge in [0.05, 0.1) is 4.88 Å². The lowest BCUT2D eigenvalue weighted by Crippen LogP contribution is -2.11. The summed E-state index contributed by atoms with van der Waals surface area (Å²) in [5.74, 6) is 0.928. The van der Waals surface area contributed by atoms with E-state index in [0.717, 1.165) is 11.3 Å². The Morgan fingerprint density at radius 2 is 2.21 bits per heavy atom. The van der Waals surface area contributed by atoms with Crippen molar-refractivity contribution in [1.82, 2.24) is 4.37 Å². The molecule has 0 N–H and O–H groups in total. The third kappa shape index (κ3) is 2.41. The van der Waals surface area contributed by atoms with Gasteiger partial charge in [-0.3, -0.25) is 4.79 Å². The average Bonchev–Trinajstić information content (AvgIpc) is 2.72. The second kappa shape index (κ2) is 4.69. The first kappa shape index (κ1) is 9.84. The summed E-state index contributed by atoms with van der Waals surface area (Å²) in [5.41, 5.74) is 0. The van der Waals surface area contributed by atoms with E-state index in [4.69, 9.17) is 0 Å². The van der Waals surface area contributed by atoms with Crippen LogP contribution in [0.15, 0.2) is 12.3 Å². The molecule has 1 aliphatic rings. The SMILES string of the molecule is O=C(CC1CCCCC1)c1ccns1. The Hall–Kier alpha value is -0.700. The van der Waals surface area contributed by atoms with Crippen molar-refractivity contribution in [2.75, 3.05) is 0 Å². The molecule has 1 aromatic heterocycles. The van der Waals surface area contributed by atoms with Gasteiger partial charge in [0.25, 0.3) is 0 Å². The quantitative estimate of drug-likeness (QED) is 0.715. The van der Waals surface area contributed by atoms with E-state index in [1.807, 2.05) is 6.07 Å². The van der Waals surface area contributed by atoms with Crippen molar-refractivity contribution in [3.63, 3.8) is 0 Å². The Labute approximate surface area is 88.5 Å². The minimum atomic E-state index is 0.291. The lowest BCUT2D eigenvalue weighted by atomic mass is 9.86. The van der Waals surface area contributed by atoms with Gasteiger partial charge in [0.2, 0.25) is 0 Å². The molecule has 0 radical (unpaired) electrons. The molecule has 0 saturated heterocycles. The molecule has 1 aliphatic carbocycles. The predicted molar refractivity (Wildman–Crippen MR) is 57.6 cm³/mol. The van der Waals surface area contributed by atoms with Gasteiger partial charge in [-0.2, -0.15) is 0 Å². The summed E-state index contributed by atoms with van der Waals surface area (Å²) in [4.78, 5) is 12.6. The third-order valence-electron chi connectivity index (χ3n) is 2.91.